The standard InChI is InChI=1S/C18H31N3/c1-5-21-10-6-7-17(21)13-20(4)18(12-19)16-9-8-14(2)15(3)11-16/h8-9,11,17-18H,5-7,10,12-13,19H2,1-4H3. The van der Waals surface area contributed by atoms with Gasteiger partial charge in [-0.15, -0.1) is 0 Å². The molecule has 2 unspecified atom stereocenters. The number of hydrogen-bond donors (Lipinski definition) is 1. The molecule has 3 nitrogen and oxygen atoms in total. The van der Waals surface area contributed by atoms with Crippen LogP contribution in [-0.2, 0) is 0 Å². The first kappa shape index (κ1) is 16.5. The van der Waals surface area contributed by atoms with Gasteiger partial charge in [0.25, 0.3) is 0 Å². The minimum absolute atomic E-state index is 0.323. The van der Waals surface area contributed by atoms with Gasteiger partial charge in [0.2, 0.25) is 0 Å². The molecule has 0 aliphatic carbocycles. The molecule has 1 aliphatic rings. The van der Waals surface area contributed by atoms with Crippen molar-refractivity contribution in [2.45, 2.75) is 45.7 Å². The van der Waals surface area contributed by atoms with Crippen molar-refractivity contribution >= 4 is 0 Å². The van der Waals surface area contributed by atoms with E-state index in [1.165, 1.54) is 36.1 Å². The first-order chi connectivity index (χ1) is 10.1. The van der Waals surface area contributed by atoms with Gasteiger partial charge in [-0.05, 0) is 63.5 Å². The van der Waals surface area contributed by atoms with E-state index >= 15 is 0 Å². The normalized spacial score (nSPS) is 21.1. The third-order valence-corrected chi connectivity index (χ3v) is 5.08. The molecule has 0 bridgehead atoms. The summed E-state index contributed by atoms with van der Waals surface area (Å²) in [5.41, 5.74) is 10.1. The fraction of sp³-hybridized carbons (Fsp3) is 0.667. The van der Waals surface area contributed by atoms with Crippen LogP contribution in [-0.4, -0.2) is 49.1 Å². The Bertz CT molecular complexity index is 458. The van der Waals surface area contributed by atoms with E-state index in [0.29, 0.717) is 18.6 Å². The summed E-state index contributed by atoms with van der Waals surface area (Å²) in [7, 11) is 2.22. The summed E-state index contributed by atoms with van der Waals surface area (Å²) in [5.74, 6) is 0. The number of benzene rings is 1. The molecular weight excluding hydrogens is 258 g/mol. The Kier molecular flexibility index (Phi) is 5.80. The average molecular weight is 289 g/mol. The van der Waals surface area contributed by atoms with E-state index in [1.807, 2.05) is 0 Å². The first-order valence-electron chi connectivity index (χ1n) is 8.28. The predicted molar refractivity (Wildman–Crippen MR) is 90.6 cm³/mol. The fourth-order valence-electron chi connectivity index (χ4n) is 3.52. The van der Waals surface area contributed by atoms with E-state index in [1.54, 1.807) is 0 Å². The maximum absolute atomic E-state index is 6.08. The second-order valence-corrected chi connectivity index (χ2v) is 6.46. The number of nitrogens with two attached hydrogens (primary N) is 1. The third kappa shape index (κ3) is 3.85. The van der Waals surface area contributed by atoms with E-state index in [4.69, 9.17) is 5.73 Å². The van der Waals surface area contributed by atoms with Crippen LogP contribution in [0.1, 0.15) is 42.5 Å². The molecule has 0 spiro atoms. The van der Waals surface area contributed by atoms with Gasteiger partial charge in [0.1, 0.15) is 0 Å². The van der Waals surface area contributed by atoms with E-state index in [0.717, 1.165) is 13.1 Å². The van der Waals surface area contributed by atoms with Crippen LogP contribution in [0.15, 0.2) is 18.2 Å². The lowest BCUT2D eigenvalue weighted by Crippen LogP contribution is -2.41. The summed E-state index contributed by atoms with van der Waals surface area (Å²) in [6.07, 6.45) is 2.66. The highest BCUT2D eigenvalue weighted by atomic mass is 15.2. The molecule has 21 heavy (non-hydrogen) atoms. The lowest BCUT2D eigenvalue weighted by molar-refractivity contribution is 0.166. The van der Waals surface area contributed by atoms with Crippen molar-refractivity contribution in [3.63, 3.8) is 0 Å². The van der Waals surface area contributed by atoms with Crippen LogP contribution in [0.2, 0.25) is 0 Å². The monoisotopic (exact) mass is 289 g/mol. The quantitative estimate of drug-likeness (QED) is 0.874. The van der Waals surface area contributed by atoms with E-state index in [9.17, 15) is 0 Å². The minimum Gasteiger partial charge on any atom is -0.329 e. The molecule has 118 valence electrons. The molecule has 2 N–H and O–H groups in total. The van der Waals surface area contributed by atoms with Gasteiger partial charge >= 0.3 is 0 Å². The van der Waals surface area contributed by atoms with Crippen molar-refractivity contribution in [3.05, 3.63) is 34.9 Å². The maximum atomic E-state index is 6.08. The summed E-state index contributed by atoms with van der Waals surface area (Å²) in [5, 5.41) is 0. The zero-order valence-corrected chi connectivity index (χ0v) is 14.1. The molecule has 0 amide bonds. The molecule has 1 aromatic carbocycles. The highest BCUT2D eigenvalue weighted by molar-refractivity contribution is 5.32. The van der Waals surface area contributed by atoms with Gasteiger partial charge in [-0.3, -0.25) is 9.80 Å². The Hall–Kier alpha value is -0.900. The van der Waals surface area contributed by atoms with Gasteiger partial charge < -0.3 is 5.73 Å². The molecule has 3 heteroatoms. The van der Waals surface area contributed by atoms with Gasteiger partial charge in [0, 0.05) is 25.2 Å². The Morgan fingerprint density at radius 2 is 2.10 bits per heavy atom. The maximum Gasteiger partial charge on any atom is 0.0468 e. The molecule has 0 aromatic heterocycles. The lowest BCUT2D eigenvalue weighted by atomic mass is 9.99. The van der Waals surface area contributed by atoms with E-state index in [-0.39, 0.29) is 0 Å². The Balaban J connectivity index is 2.07. The molecule has 1 aliphatic heterocycles. The second-order valence-electron chi connectivity index (χ2n) is 6.46. The van der Waals surface area contributed by atoms with Crippen molar-refractivity contribution < 1.29 is 0 Å². The summed E-state index contributed by atoms with van der Waals surface area (Å²) < 4.78 is 0. The number of hydrogen-bond acceptors (Lipinski definition) is 3. The molecule has 1 fully saturated rings. The molecule has 1 heterocycles. The minimum atomic E-state index is 0.323. The summed E-state index contributed by atoms with van der Waals surface area (Å²) in [6, 6.07) is 7.77. The van der Waals surface area contributed by atoms with Crippen molar-refractivity contribution in [2.75, 3.05) is 33.2 Å². The van der Waals surface area contributed by atoms with Crippen LogP contribution in [0.4, 0.5) is 0 Å². The van der Waals surface area contributed by atoms with Gasteiger partial charge in [0.15, 0.2) is 0 Å². The van der Waals surface area contributed by atoms with Gasteiger partial charge in [-0.1, -0.05) is 25.1 Å². The van der Waals surface area contributed by atoms with E-state index < -0.39 is 0 Å². The molecule has 0 saturated carbocycles. The fourth-order valence-corrected chi connectivity index (χ4v) is 3.52. The summed E-state index contributed by atoms with van der Waals surface area (Å²) >= 11 is 0. The Labute approximate surface area is 130 Å². The van der Waals surface area contributed by atoms with Crippen LogP contribution < -0.4 is 5.73 Å². The van der Waals surface area contributed by atoms with Crippen LogP contribution in [0, 0.1) is 13.8 Å². The molecular formula is C18H31N3. The molecule has 0 radical (unpaired) electrons. The first-order valence-corrected chi connectivity index (χ1v) is 8.28. The van der Waals surface area contributed by atoms with Crippen LogP contribution in [0.5, 0.6) is 0 Å². The van der Waals surface area contributed by atoms with Crippen LogP contribution in [0.25, 0.3) is 0 Å². The largest absolute Gasteiger partial charge is 0.329 e. The average Bonchev–Trinajstić information content (AvgIpc) is 2.90. The Morgan fingerprint density at radius 1 is 1.33 bits per heavy atom. The van der Waals surface area contributed by atoms with Gasteiger partial charge in [-0.2, -0.15) is 0 Å². The topological polar surface area (TPSA) is 32.5 Å². The number of likely N-dealkylation sites (N-methyl/N-ethyl adjacent to an activating group) is 2. The number of likely N-dealkylation sites (tertiary alicyclic amines) is 1. The number of aryl methyl sites for hydroxylation is 2. The number of rotatable bonds is 6. The highest BCUT2D eigenvalue weighted by Crippen LogP contribution is 2.24. The molecule has 1 saturated heterocycles. The Morgan fingerprint density at radius 3 is 2.71 bits per heavy atom. The molecule has 2 atom stereocenters. The van der Waals surface area contributed by atoms with Crippen molar-refractivity contribution in [2.24, 2.45) is 5.73 Å². The highest BCUT2D eigenvalue weighted by Gasteiger charge is 2.26. The third-order valence-electron chi connectivity index (χ3n) is 5.08. The predicted octanol–water partition coefficient (Wildman–Crippen LogP) is 2.72. The van der Waals surface area contributed by atoms with Gasteiger partial charge in [-0.25, -0.2) is 0 Å². The van der Waals surface area contributed by atoms with Crippen LogP contribution >= 0.6 is 0 Å². The van der Waals surface area contributed by atoms with Gasteiger partial charge in [0.05, 0.1) is 0 Å². The van der Waals surface area contributed by atoms with Crippen molar-refractivity contribution in [1.82, 2.24) is 9.80 Å². The zero-order chi connectivity index (χ0) is 15.4. The molecule has 2 rings (SSSR count). The van der Waals surface area contributed by atoms with Crippen molar-refractivity contribution in [3.8, 4) is 0 Å². The van der Waals surface area contributed by atoms with E-state index in [2.05, 4.69) is 55.8 Å². The molecule has 1 aromatic rings. The lowest BCUT2D eigenvalue weighted by Gasteiger charge is -2.33. The zero-order valence-electron chi connectivity index (χ0n) is 14.1. The second kappa shape index (κ2) is 7.39. The van der Waals surface area contributed by atoms with Crippen LogP contribution in [0.3, 0.4) is 0 Å². The smallest absolute Gasteiger partial charge is 0.0468 e. The number of nitrogens with zero attached hydrogens (tertiary/aromatic N) is 2. The SMILES string of the molecule is CCN1CCCC1CN(C)C(CN)c1ccc(C)c(C)c1. The van der Waals surface area contributed by atoms with Crippen molar-refractivity contribution in [1.29, 1.82) is 0 Å². The summed E-state index contributed by atoms with van der Waals surface area (Å²) in [4.78, 5) is 5.05. The summed E-state index contributed by atoms with van der Waals surface area (Å²) in [6.45, 7) is 10.8.